The molecule has 0 unspecified atom stereocenters. The molecular weight excluding hydrogens is 374 g/mol. The average molecular weight is 393 g/mol. The van der Waals surface area contributed by atoms with Gasteiger partial charge in [-0.25, -0.2) is 0 Å². The van der Waals surface area contributed by atoms with Gasteiger partial charge < -0.3 is 10.6 Å². The molecule has 2 N–H and O–H groups in total. The zero-order valence-corrected chi connectivity index (χ0v) is 16.1. The Morgan fingerprint density at radius 2 is 0.967 bits per heavy atom. The largest absolute Gasteiger partial charge is 0.322 e. The summed E-state index contributed by atoms with van der Waals surface area (Å²) in [5, 5.41) is 5.70. The Morgan fingerprint density at radius 1 is 0.533 bits per heavy atom. The molecule has 1 aromatic heterocycles. The molecule has 4 rings (SSSR count). The first-order valence-electron chi connectivity index (χ1n) is 9.47. The number of anilines is 2. The van der Waals surface area contributed by atoms with Gasteiger partial charge in [0.1, 0.15) is 0 Å². The third kappa shape index (κ3) is 4.59. The fourth-order valence-electron chi connectivity index (χ4n) is 2.99. The number of carbonyl (C=O) groups is 2. The molecule has 146 valence electrons. The van der Waals surface area contributed by atoms with Crippen molar-refractivity contribution in [2.24, 2.45) is 0 Å². The Kier molecular flexibility index (Phi) is 5.62. The standard InChI is InChI=1S/C25H19N3O2/c29-24(27-22-4-2-1-3-5-22)20-10-6-18(7-11-20)19-8-12-21(13-9-19)25(30)28-23-14-16-26-17-15-23/h1-17H,(H,27,29)(H,26,28,30). The van der Waals surface area contributed by atoms with Crippen molar-refractivity contribution in [3.8, 4) is 11.1 Å². The van der Waals surface area contributed by atoms with E-state index in [4.69, 9.17) is 0 Å². The summed E-state index contributed by atoms with van der Waals surface area (Å²) < 4.78 is 0. The maximum Gasteiger partial charge on any atom is 0.255 e. The van der Waals surface area contributed by atoms with Crippen LogP contribution in [-0.4, -0.2) is 16.8 Å². The zero-order chi connectivity index (χ0) is 20.8. The van der Waals surface area contributed by atoms with Crippen LogP contribution in [0.1, 0.15) is 20.7 Å². The summed E-state index contributed by atoms with van der Waals surface area (Å²) in [7, 11) is 0. The summed E-state index contributed by atoms with van der Waals surface area (Å²) in [4.78, 5) is 28.7. The van der Waals surface area contributed by atoms with Gasteiger partial charge in [0.25, 0.3) is 11.8 Å². The van der Waals surface area contributed by atoms with E-state index in [1.807, 2.05) is 54.6 Å². The molecule has 3 aromatic carbocycles. The van der Waals surface area contributed by atoms with Gasteiger partial charge in [-0.3, -0.25) is 14.6 Å². The number of hydrogen-bond acceptors (Lipinski definition) is 3. The number of hydrogen-bond donors (Lipinski definition) is 2. The van der Waals surface area contributed by atoms with E-state index in [2.05, 4.69) is 15.6 Å². The highest BCUT2D eigenvalue weighted by Gasteiger charge is 2.08. The van der Waals surface area contributed by atoms with Crippen molar-refractivity contribution in [3.05, 3.63) is 115 Å². The highest BCUT2D eigenvalue weighted by Crippen LogP contribution is 2.21. The molecule has 2 amide bonds. The Labute approximate surface area is 174 Å². The van der Waals surface area contributed by atoms with E-state index in [-0.39, 0.29) is 11.8 Å². The van der Waals surface area contributed by atoms with E-state index in [1.54, 1.807) is 48.8 Å². The first-order chi connectivity index (χ1) is 14.7. The van der Waals surface area contributed by atoms with Crippen molar-refractivity contribution in [2.75, 3.05) is 10.6 Å². The summed E-state index contributed by atoms with van der Waals surface area (Å²) in [6.07, 6.45) is 3.25. The number of nitrogens with zero attached hydrogens (tertiary/aromatic N) is 1. The molecular formula is C25H19N3O2. The number of para-hydroxylation sites is 1. The number of aromatic nitrogens is 1. The quantitative estimate of drug-likeness (QED) is 0.486. The van der Waals surface area contributed by atoms with Gasteiger partial charge in [-0.2, -0.15) is 0 Å². The van der Waals surface area contributed by atoms with Crippen LogP contribution >= 0.6 is 0 Å². The molecule has 30 heavy (non-hydrogen) atoms. The van der Waals surface area contributed by atoms with Gasteiger partial charge >= 0.3 is 0 Å². The minimum Gasteiger partial charge on any atom is -0.322 e. The minimum atomic E-state index is -0.180. The van der Waals surface area contributed by atoms with E-state index in [9.17, 15) is 9.59 Å². The van der Waals surface area contributed by atoms with Gasteiger partial charge in [0.05, 0.1) is 0 Å². The maximum absolute atomic E-state index is 12.4. The topological polar surface area (TPSA) is 71.1 Å². The van der Waals surface area contributed by atoms with Gasteiger partial charge in [-0.05, 0) is 59.7 Å². The van der Waals surface area contributed by atoms with E-state index in [0.29, 0.717) is 16.8 Å². The molecule has 0 bridgehead atoms. The monoisotopic (exact) mass is 393 g/mol. The zero-order valence-electron chi connectivity index (χ0n) is 16.1. The van der Waals surface area contributed by atoms with Crippen molar-refractivity contribution in [1.29, 1.82) is 0 Å². The van der Waals surface area contributed by atoms with Crippen molar-refractivity contribution in [3.63, 3.8) is 0 Å². The van der Waals surface area contributed by atoms with E-state index in [0.717, 1.165) is 16.8 Å². The molecule has 0 saturated heterocycles. The van der Waals surface area contributed by atoms with Crippen molar-refractivity contribution >= 4 is 23.2 Å². The van der Waals surface area contributed by atoms with Crippen LogP contribution in [0.2, 0.25) is 0 Å². The minimum absolute atomic E-state index is 0.157. The van der Waals surface area contributed by atoms with Gasteiger partial charge in [0.2, 0.25) is 0 Å². The van der Waals surface area contributed by atoms with Crippen molar-refractivity contribution in [2.45, 2.75) is 0 Å². The second-order valence-corrected chi connectivity index (χ2v) is 6.66. The summed E-state index contributed by atoms with van der Waals surface area (Å²) in [5.41, 5.74) is 4.53. The lowest BCUT2D eigenvalue weighted by molar-refractivity contribution is 0.101. The summed E-state index contributed by atoms with van der Waals surface area (Å²) >= 11 is 0. The van der Waals surface area contributed by atoms with Crippen molar-refractivity contribution in [1.82, 2.24) is 4.98 Å². The normalized spacial score (nSPS) is 10.3. The fourth-order valence-corrected chi connectivity index (χ4v) is 2.99. The molecule has 0 aliphatic rings. The first-order valence-corrected chi connectivity index (χ1v) is 9.47. The SMILES string of the molecule is O=C(Nc1ccccc1)c1ccc(-c2ccc(C(=O)Nc3ccncc3)cc2)cc1. The lowest BCUT2D eigenvalue weighted by atomic mass is 10.0. The third-order valence-electron chi connectivity index (χ3n) is 4.60. The lowest BCUT2D eigenvalue weighted by Gasteiger charge is -2.08. The lowest BCUT2D eigenvalue weighted by Crippen LogP contribution is -2.11. The molecule has 5 heteroatoms. The molecule has 5 nitrogen and oxygen atoms in total. The number of amides is 2. The molecule has 0 radical (unpaired) electrons. The van der Waals surface area contributed by atoms with E-state index >= 15 is 0 Å². The number of nitrogens with one attached hydrogen (secondary N) is 2. The van der Waals surface area contributed by atoms with Crippen molar-refractivity contribution < 1.29 is 9.59 Å². The van der Waals surface area contributed by atoms with Crippen LogP contribution in [-0.2, 0) is 0 Å². The second kappa shape index (κ2) is 8.84. The van der Waals surface area contributed by atoms with E-state index < -0.39 is 0 Å². The molecule has 0 spiro atoms. The predicted molar refractivity (Wildman–Crippen MR) is 118 cm³/mol. The highest BCUT2D eigenvalue weighted by molar-refractivity contribution is 6.05. The van der Waals surface area contributed by atoms with Crippen LogP contribution in [0.3, 0.4) is 0 Å². The molecule has 0 aliphatic heterocycles. The molecule has 0 saturated carbocycles. The Balaban J connectivity index is 1.43. The first kappa shape index (κ1) is 19.1. The van der Waals surface area contributed by atoms with Crippen LogP contribution in [0.4, 0.5) is 11.4 Å². The summed E-state index contributed by atoms with van der Waals surface area (Å²) in [6.45, 7) is 0. The van der Waals surface area contributed by atoms with Crippen LogP contribution in [0, 0.1) is 0 Å². The van der Waals surface area contributed by atoms with Crippen LogP contribution in [0.25, 0.3) is 11.1 Å². The van der Waals surface area contributed by atoms with Gasteiger partial charge in [0.15, 0.2) is 0 Å². The van der Waals surface area contributed by atoms with E-state index in [1.165, 1.54) is 0 Å². The third-order valence-corrected chi connectivity index (χ3v) is 4.60. The van der Waals surface area contributed by atoms with Gasteiger partial charge in [-0.15, -0.1) is 0 Å². The molecule has 0 fully saturated rings. The molecule has 0 aliphatic carbocycles. The van der Waals surface area contributed by atoms with Gasteiger partial charge in [0, 0.05) is 34.9 Å². The Hall–Kier alpha value is -4.25. The smallest absolute Gasteiger partial charge is 0.255 e. The Bertz CT molecular complexity index is 1050. The number of benzene rings is 3. The van der Waals surface area contributed by atoms with Crippen LogP contribution in [0.15, 0.2) is 103 Å². The highest BCUT2D eigenvalue weighted by atomic mass is 16.2. The van der Waals surface area contributed by atoms with Gasteiger partial charge in [-0.1, -0.05) is 42.5 Å². The number of carbonyl (C=O) groups excluding carboxylic acids is 2. The van der Waals surface area contributed by atoms with Crippen LogP contribution < -0.4 is 10.6 Å². The predicted octanol–water partition coefficient (Wildman–Crippen LogP) is 5.25. The Morgan fingerprint density at radius 3 is 1.43 bits per heavy atom. The number of pyridine rings is 1. The fraction of sp³-hybridized carbons (Fsp3) is 0. The van der Waals surface area contributed by atoms with Crippen LogP contribution in [0.5, 0.6) is 0 Å². The average Bonchev–Trinajstić information content (AvgIpc) is 2.80. The summed E-state index contributed by atoms with van der Waals surface area (Å²) in [5.74, 6) is -0.337. The molecule has 4 aromatic rings. The summed E-state index contributed by atoms with van der Waals surface area (Å²) in [6, 6.07) is 27.5. The molecule has 0 atom stereocenters. The number of rotatable bonds is 5. The molecule has 1 heterocycles. The maximum atomic E-state index is 12.4. The second-order valence-electron chi connectivity index (χ2n) is 6.66.